The molecule has 0 bridgehead atoms. The molecule has 0 aliphatic heterocycles. The van der Waals surface area contributed by atoms with E-state index in [1.54, 1.807) is 23.9 Å². The molecule has 0 saturated carbocycles. The van der Waals surface area contributed by atoms with Gasteiger partial charge in [-0.1, -0.05) is 21.1 Å². The Morgan fingerprint density at radius 3 is 3.00 bits per heavy atom. The van der Waals surface area contributed by atoms with E-state index in [9.17, 15) is 5.11 Å². The fourth-order valence-corrected chi connectivity index (χ4v) is 1.96. The number of hydrogen-bond donors (Lipinski definition) is 1. The average Bonchev–Trinajstić information content (AvgIpc) is 2.67. The molecule has 84 valence electrons. The number of aromatic hydroxyl groups is 1. The maximum atomic E-state index is 9.72. The van der Waals surface area contributed by atoms with Crippen molar-refractivity contribution < 1.29 is 9.63 Å². The Bertz CT molecular complexity index is 501. The molecule has 0 aliphatic rings. The number of phenolic OH excluding ortho intramolecular Hbond substituents is 1. The van der Waals surface area contributed by atoms with Crippen LogP contribution in [0.1, 0.15) is 5.82 Å². The van der Waals surface area contributed by atoms with E-state index < -0.39 is 0 Å². The predicted octanol–water partition coefficient (Wildman–Crippen LogP) is 3.07. The first-order chi connectivity index (χ1) is 7.70. The van der Waals surface area contributed by atoms with Gasteiger partial charge >= 0.3 is 0 Å². The van der Waals surface area contributed by atoms with Crippen LogP contribution < -0.4 is 0 Å². The van der Waals surface area contributed by atoms with E-state index in [-0.39, 0.29) is 5.75 Å². The van der Waals surface area contributed by atoms with Gasteiger partial charge < -0.3 is 9.63 Å². The molecule has 0 fully saturated rings. The zero-order valence-corrected chi connectivity index (χ0v) is 10.9. The molecule has 2 aromatic rings. The number of aromatic nitrogens is 2. The number of halogens is 1. The van der Waals surface area contributed by atoms with Crippen LogP contribution in [-0.2, 0) is 5.75 Å². The van der Waals surface area contributed by atoms with Crippen molar-refractivity contribution in [2.45, 2.75) is 5.75 Å². The summed E-state index contributed by atoms with van der Waals surface area (Å²) in [5.74, 6) is 1.79. The first-order valence-electron chi connectivity index (χ1n) is 4.51. The summed E-state index contributed by atoms with van der Waals surface area (Å²) in [5, 5.41) is 13.5. The van der Waals surface area contributed by atoms with E-state index in [2.05, 4.69) is 26.1 Å². The molecule has 1 aromatic heterocycles. The molecule has 0 aliphatic carbocycles. The summed E-state index contributed by atoms with van der Waals surface area (Å²) < 4.78 is 5.88. The summed E-state index contributed by atoms with van der Waals surface area (Å²) in [6.45, 7) is 0. The third-order valence-corrected chi connectivity index (χ3v) is 2.97. The van der Waals surface area contributed by atoms with Gasteiger partial charge in [0.05, 0.1) is 11.3 Å². The summed E-state index contributed by atoms with van der Waals surface area (Å²) >= 11 is 4.88. The van der Waals surface area contributed by atoms with Crippen molar-refractivity contribution in [3.05, 3.63) is 28.5 Å². The molecule has 1 aromatic carbocycles. The zero-order chi connectivity index (χ0) is 11.5. The second-order valence-corrected chi connectivity index (χ2v) is 4.89. The Labute approximate surface area is 105 Å². The number of nitrogens with zero attached hydrogens (tertiary/aromatic N) is 2. The number of thioether (sulfide) groups is 1. The van der Waals surface area contributed by atoms with Crippen LogP contribution in [0.25, 0.3) is 11.5 Å². The Hall–Kier alpha value is -1.01. The quantitative estimate of drug-likeness (QED) is 0.944. The van der Waals surface area contributed by atoms with E-state index in [1.807, 2.05) is 12.3 Å². The Morgan fingerprint density at radius 1 is 1.50 bits per heavy atom. The van der Waals surface area contributed by atoms with Gasteiger partial charge in [0.25, 0.3) is 5.89 Å². The number of rotatable bonds is 3. The minimum Gasteiger partial charge on any atom is -0.507 e. The molecule has 6 heteroatoms. The second-order valence-electron chi connectivity index (χ2n) is 3.11. The van der Waals surface area contributed by atoms with Gasteiger partial charge in [0.15, 0.2) is 5.82 Å². The monoisotopic (exact) mass is 300 g/mol. The number of phenols is 1. The van der Waals surface area contributed by atoms with Gasteiger partial charge in [-0.05, 0) is 24.5 Å². The van der Waals surface area contributed by atoms with Gasteiger partial charge in [-0.2, -0.15) is 16.7 Å². The first-order valence-corrected chi connectivity index (χ1v) is 6.70. The van der Waals surface area contributed by atoms with Gasteiger partial charge in [-0.25, -0.2) is 0 Å². The van der Waals surface area contributed by atoms with E-state index in [0.29, 0.717) is 23.0 Å². The van der Waals surface area contributed by atoms with Crippen LogP contribution in [0, 0.1) is 0 Å². The highest BCUT2D eigenvalue weighted by Gasteiger charge is 2.12. The van der Waals surface area contributed by atoms with E-state index >= 15 is 0 Å². The summed E-state index contributed by atoms with van der Waals surface area (Å²) in [5.41, 5.74) is 0.544. The molecule has 0 saturated heterocycles. The molecule has 0 unspecified atom stereocenters. The van der Waals surface area contributed by atoms with Gasteiger partial charge in [0.2, 0.25) is 0 Å². The van der Waals surface area contributed by atoms with E-state index in [0.717, 1.165) is 4.47 Å². The highest BCUT2D eigenvalue weighted by Crippen LogP contribution is 2.30. The molecule has 0 radical (unpaired) electrons. The minimum atomic E-state index is 0.119. The van der Waals surface area contributed by atoms with Gasteiger partial charge in [-0.15, -0.1) is 0 Å². The summed E-state index contributed by atoms with van der Waals surface area (Å²) in [7, 11) is 0. The molecule has 4 nitrogen and oxygen atoms in total. The van der Waals surface area contributed by atoms with Crippen molar-refractivity contribution in [2.75, 3.05) is 6.26 Å². The Balaban J connectivity index is 2.35. The second kappa shape index (κ2) is 4.88. The molecule has 2 rings (SSSR count). The minimum absolute atomic E-state index is 0.119. The van der Waals surface area contributed by atoms with Crippen LogP contribution >= 0.6 is 27.7 Å². The van der Waals surface area contributed by atoms with Crippen LogP contribution in [0.4, 0.5) is 0 Å². The highest BCUT2D eigenvalue weighted by molar-refractivity contribution is 9.10. The van der Waals surface area contributed by atoms with Crippen molar-refractivity contribution in [3.63, 3.8) is 0 Å². The molecule has 1 N–H and O–H groups in total. The molecule has 1 heterocycles. The number of benzene rings is 1. The lowest BCUT2D eigenvalue weighted by molar-refractivity contribution is 0.419. The standard InChI is InChI=1S/C10H9BrN2O2S/c1-16-5-9-12-10(15-13-9)7-3-2-6(11)4-8(7)14/h2-4,14H,5H2,1H3. The SMILES string of the molecule is CSCc1noc(-c2ccc(Br)cc2O)n1. The van der Waals surface area contributed by atoms with Gasteiger partial charge in [0, 0.05) is 4.47 Å². The summed E-state index contributed by atoms with van der Waals surface area (Å²) in [6, 6.07) is 5.14. The van der Waals surface area contributed by atoms with Crippen molar-refractivity contribution in [3.8, 4) is 17.2 Å². The number of hydrogen-bond acceptors (Lipinski definition) is 5. The average molecular weight is 301 g/mol. The predicted molar refractivity (Wildman–Crippen MR) is 66.3 cm³/mol. The first kappa shape index (κ1) is 11.5. The molecular weight excluding hydrogens is 292 g/mol. The van der Waals surface area contributed by atoms with Crippen LogP contribution in [-0.4, -0.2) is 21.5 Å². The topological polar surface area (TPSA) is 59.2 Å². The van der Waals surface area contributed by atoms with Crippen molar-refractivity contribution >= 4 is 27.7 Å². The molecule has 0 atom stereocenters. The van der Waals surface area contributed by atoms with Gasteiger partial charge in [0.1, 0.15) is 5.75 Å². The summed E-state index contributed by atoms with van der Waals surface area (Å²) in [6.07, 6.45) is 1.97. The van der Waals surface area contributed by atoms with E-state index in [1.165, 1.54) is 0 Å². The highest BCUT2D eigenvalue weighted by atomic mass is 79.9. The van der Waals surface area contributed by atoms with Crippen molar-refractivity contribution in [1.29, 1.82) is 0 Å². The summed E-state index contributed by atoms with van der Waals surface area (Å²) in [4.78, 5) is 4.19. The van der Waals surface area contributed by atoms with E-state index in [4.69, 9.17) is 4.52 Å². The fourth-order valence-electron chi connectivity index (χ4n) is 1.24. The van der Waals surface area contributed by atoms with Crippen molar-refractivity contribution in [2.24, 2.45) is 0 Å². The Kier molecular flexibility index (Phi) is 3.50. The fraction of sp³-hybridized carbons (Fsp3) is 0.200. The molecule has 16 heavy (non-hydrogen) atoms. The lowest BCUT2D eigenvalue weighted by Crippen LogP contribution is -1.83. The lowest BCUT2D eigenvalue weighted by atomic mass is 10.2. The smallest absolute Gasteiger partial charge is 0.261 e. The zero-order valence-electron chi connectivity index (χ0n) is 8.48. The third kappa shape index (κ3) is 2.38. The van der Waals surface area contributed by atoms with Crippen LogP contribution in [0.3, 0.4) is 0 Å². The van der Waals surface area contributed by atoms with Crippen molar-refractivity contribution in [1.82, 2.24) is 10.1 Å². The molecule has 0 amide bonds. The van der Waals surface area contributed by atoms with Crippen LogP contribution in [0.15, 0.2) is 27.2 Å². The van der Waals surface area contributed by atoms with Crippen LogP contribution in [0.5, 0.6) is 5.75 Å². The van der Waals surface area contributed by atoms with Gasteiger partial charge in [-0.3, -0.25) is 0 Å². The normalized spacial score (nSPS) is 10.6. The largest absolute Gasteiger partial charge is 0.507 e. The molecular formula is C10H9BrN2O2S. The van der Waals surface area contributed by atoms with Crippen LogP contribution in [0.2, 0.25) is 0 Å². The lowest BCUT2D eigenvalue weighted by Gasteiger charge is -1.98. The third-order valence-electron chi connectivity index (χ3n) is 1.93. The maximum Gasteiger partial charge on any atom is 0.261 e. The maximum absolute atomic E-state index is 9.72. The Morgan fingerprint density at radius 2 is 2.31 bits per heavy atom. The molecule has 0 spiro atoms.